The highest BCUT2D eigenvalue weighted by molar-refractivity contribution is 9.10. The number of hydrogen-bond acceptors (Lipinski definition) is 5. The van der Waals surface area contributed by atoms with Gasteiger partial charge in [-0.25, -0.2) is 14.2 Å². The van der Waals surface area contributed by atoms with Crippen LogP contribution in [0.5, 0.6) is 0 Å². The van der Waals surface area contributed by atoms with Gasteiger partial charge in [0.05, 0.1) is 12.6 Å². The molecule has 2 rings (SSSR count). The van der Waals surface area contributed by atoms with E-state index in [4.69, 9.17) is 4.74 Å². The Balaban J connectivity index is 2.28. The van der Waals surface area contributed by atoms with E-state index in [1.165, 1.54) is 6.92 Å². The van der Waals surface area contributed by atoms with Crippen LogP contribution in [0.3, 0.4) is 0 Å². The van der Waals surface area contributed by atoms with Crippen molar-refractivity contribution in [2.24, 2.45) is 0 Å². The molecular formula is C17H22BrFN4O4. The van der Waals surface area contributed by atoms with Crippen molar-refractivity contribution in [3.63, 3.8) is 0 Å². The van der Waals surface area contributed by atoms with Crippen molar-refractivity contribution in [1.82, 2.24) is 15.2 Å². The summed E-state index contributed by atoms with van der Waals surface area (Å²) in [5.41, 5.74) is -0.818. The molecule has 3 amide bonds. The zero-order valence-corrected chi connectivity index (χ0v) is 17.0. The second-order valence-electron chi connectivity index (χ2n) is 7.15. The smallest absolute Gasteiger partial charge is 0.411 e. The number of pyridine rings is 1. The molecule has 10 heteroatoms. The van der Waals surface area contributed by atoms with Gasteiger partial charge in [-0.15, -0.1) is 0 Å². The van der Waals surface area contributed by atoms with E-state index >= 15 is 0 Å². The third-order valence-electron chi connectivity index (χ3n) is 3.67. The molecule has 1 fully saturated rings. The largest absolute Gasteiger partial charge is 0.444 e. The minimum absolute atomic E-state index is 0.224. The van der Waals surface area contributed by atoms with Crippen molar-refractivity contribution in [3.8, 4) is 0 Å². The first kappa shape index (κ1) is 21.1. The van der Waals surface area contributed by atoms with Crippen molar-refractivity contribution >= 4 is 39.7 Å². The molecule has 0 aliphatic carbocycles. The number of rotatable bonds is 3. The van der Waals surface area contributed by atoms with Crippen LogP contribution >= 0.6 is 15.9 Å². The maximum absolute atomic E-state index is 14.5. The average Bonchev–Trinajstić information content (AvgIpc) is 2.82. The maximum atomic E-state index is 14.5. The summed E-state index contributed by atoms with van der Waals surface area (Å²) >= 11 is 3.19. The van der Waals surface area contributed by atoms with Crippen molar-refractivity contribution in [3.05, 3.63) is 22.8 Å². The van der Waals surface area contributed by atoms with Gasteiger partial charge >= 0.3 is 6.09 Å². The fourth-order valence-electron chi connectivity index (χ4n) is 2.70. The summed E-state index contributed by atoms with van der Waals surface area (Å²) in [4.78, 5) is 41.8. The standard InChI is InChI=1S/C17H22BrFN4O4/c1-9(24)20-13-10(19)8-23(16(26)27-17(2,3)4)14(13)15(25)22-12-7-5-6-11(18)21-12/h5-7,10,13-14H,8H2,1-4H3,(H,20,24)(H,21,22,25)/t10-,13+,14-/m0/s1. The number of nitrogens with zero attached hydrogens (tertiary/aromatic N) is 2. The van der Waals surface area contributed by atoms with E-state index in [0.717, 1.165) is 4.90 Å². The third kappa shape index (κ3) is 5.62. The van der Waals surface area contributed by atoms with Gasteiger partial charge < -0.3 is 15.4 Å². The number of alkyl halides is 1. The Morgan fingerprint density at radius 2 is 2.00 bits per heavy atom. The van der Waals surface area contributed by atoms with Crippen LogP contribution in [0.2, 0.25) is 0 Å². The Bertz CT molecular complexity index is 740. The number of nitrogens with one attached hydrogen (secondary N) is 2. The number of hydrogen-bond donors (Lipinski definition) is 2. The number of aromatic nitrogens is 1. The average molecular weight is 445 g/mol. The van der Waals surface area contributed by atoms with Gasteiger partial charge in [-0.3, -0.25) is 14.5 Å². The Kier molecular flexibility index (Phi) is 6.40. The minimum atomic E-state index is -1.62. The molecule has 0 aromatic carbocycles. The lowest BCUT2D eigenvalue weighted by Gasteiger charge is -2.29. The van der Waals surface area contributed by atoms with E-state index in [9.17, 15) is 18.8 Å². The molecule has 1 aromatic heterocycles. The van der Waals surface area contributed by atoms with Gasteiger partial charge in [-0.05, 0) is 48.8 Å². The van der Waals surface area contributed by atoms with Crippen LogP contribution in [0.1, 0.15) is 27.7 Å². The molecule has 0 bridgehead atoms. The van der Waals surface area contributed by atoms with Crippen LogP contribution in [0, 0.1) is 0 Å². The molecule has 0 saturated carbocycles. The summed E-state index contributed by atoms with van der Waals surface area (Å²) in [7, 11) is 0. The SMILES string of the molecule is CC(=O)N[C@H]1[C@@H](C(=O)Nc2cccc(Br)n2)N(C(=O)OC(C)(C)C)C[C@@H]1F. The highest BCUT2D eigenvalue weighted by Crippen LogP contribution is 2.25. The van der Waals surface area contributed by atoms with Crippen LogP contribution in [0.4, 0.5) is 15.0 Å². The number of amides is 3. The van der Waals surface area contributed by atoms with Crippen molar-refractivity contribution in [2.75, 3.05) is 11.9 Å². The number of carbonyl (C=O) groups excluding carboxylic acids is 3. The molecule has 1 saturated heterocycles. The Labute approximate surface area is 165 Å². The lowest BCUT2D eigenvalue weighted by atomic mass is 10.1. The summed E-state index contributed by atoms with van der Waals surface area (Å²) < 4.78 is 20.3. The van der Waals surface area contributed by atoms with Crippen LogP contribution in [-0.4, -0.2) is 58.2 Å². The molecule has 0 radical (unpaired) electrons. The summed E-state index contributed by atoms with van der Waals surface area (Å²) in [6.07, 6.45) is -2.45. The molecule has 0 spiro atoms. The topological polar surface area (TPSA) is 101 Å². The first-order chi connectivity index (χ1) is 12.5. The number of carbonyl (C=O) groups is 3. The van der Waals surface area contributed by atoms with E-state index in [2.05, 4.69) is 31.5 Å². The van der Waals surface area contributed by atoms with E-state index in [1.807, 2.05) is 0 Å². The number of anilines is 1. The molecule has 2 heterocycles. The quantitative estimate of drug-likeness (QED) is 0.696. The molecule has 8 nitrogen and oxygen atoms in total. The Hall–Kier alpha value is -2.23. The van der Waals surface area contributed by atoms with Crippen LogP contribution in [-0.2, 0) is 14.3 Å². The molecule has 1 aromatic rings. The Morgan fingerprint density at radius 3 is 2.56 bits per heavy atom. The van der Waals surface area contributed by atoms with E-state index in [1.54, 1.807) is 39.0 Å². The second kappa shape index (κ2) is 8.20. The number of ether oxygens (including phenoxy) is 1. The molecule has 0 unspecified atom stereocenters. The summed E-state index contributed by atoms with van der Waals surface area (Å²) in [5, 5.41) is 4.96. The molecule has 2 N–H and O–H groups in total. The Morgan fingerprint density at radius 1 is 1.33 bits per heavy atom. The normalized spacial score (nSPS) is 22.3. The lowest BCUT2D eigenvalue weighted by molar-refractivity contribution is -0.123. The van der Waals surface area contributed by atoms with Gasteiger partial charge in [0.15, 0.2) is 0 Å². The monoisotopic (exact) mass is 444 g/mol. The summed E-state index contributed by atoms with van der Waals surface area (Å²) in [5.74, 6) is -0.958. The molecule has 3 atom stereocenters. The van der Waals surface area contributed by atoms with Crippen molar-refractivity contribution in [1.29, 1.82) is 0 Å². The van der Waals surface area contributed by atoms with Crippen LogP contribution in [0.15, 0.2) is 22.8 Å². The van der Waals surface area contributed by atoms with Gasteiger partial charge in [-0.1, -0.05) is 6.07 Å². The molecule has 148 valence electrons. The lowest BCUT2D eigenvalue weighted by Crippen LogP contribution is -2.54. The second-order valence-corrected chi connectivity index (χ2v) is 7.97. The molecule has 1 aliphatic heterocycles. The molecular weight excluding hydrogens is 423 g/mol. The number of halogens is 2. The van der Waals surface area contributed by atoms with Gasteiger partial charge in [0, 0.05) is 6.92 Å². The highest BCUT2D eigenvalue weighted by atomic mass is 79.9. The first-order valence-electron chi connectivity index (χ1n) is 8.32. The van der Waals surface area contributed by atoms with Gasteiger partial charge in [0.25, 0.3) is 5.91 Å². The van der Waals surface area contributed by atoms with E-state index in [0.29, 0.717) is 4.60 Å². The summed E-state index contributed by atoms with van der Waals surface area (Å²) in [6.45, 7) is 5.84. The molecule has 1 aliphatic rings. The first-order valence-corrected chi connectivity index (χ1v) is 9.11. The predicted molar refractivity (Wildman–Crippen MR) is 99.8 cm³/mol. The fourth-order valence-corrected chi connectivity index (χ4v) is 3.05. The fraction of sp³-hybridized carbons (Fsp3) is 0.529. The highest BCUT2D eigenvalue weighted by Gasteiger charge is 2.50. The third-order valence-corrected chi connectivity index (χ3v) is 4.11. The zero-order chi connectivity index (χ0) is 20.4. The van der Waals surface area contributed by atoms with E-state index in [-0.39, 0.29) is 12.4 Å². The van der Waals surface area contributed by atoms with Gasteiger partial charge in [-0.2, -0.15) is 0 Å². The van der Waals surface area contributed by atoms with Crippen LogP contribution in [0.25, 0.3) is 0 Å². The van der Waals surface area contributed by atoms with E-state index < -0.39 is 41.8 Å². The van der Waals surface area contributed by atoms with Crippen molar-refractivity contribution < 1.29 is 23.5 Å². The predicted octanol–water partition coefficient (Wildman–Crippen LogP) is 2.24. The van der Waals surface area contributed by atoms with Gasteiger partial charge in [0.2, 0.25) is 5.91 Å². The van der Waals surface area contributed by atoms with Crippen LogP contribution < -0.4 is 10.6 Å². The zero-order valence-electron chi connectivity index (χ0n) is 15.5. The minimum Gasteiger partial charge on any atom is -0.444 e. The summed E-state index contributed by atoms with van der Waals surface area (Å²) in [6, 6.07) is 2.42. The van der Waals surface area contributed by atoms with Gasteiger partial charge in [0.1, 0.15) is 28.2 Å². The molecule has 27 heavy (non-hydrogen) atoms. The maximum Gasteiger partial charge on any atom is 0.411 e. The van der Waals surface area contributed by atoms with Crippen molar-refractivity contribution in [2.45, 2.75) is 51.6 Å². The number of likely N-dealkylation sites (tertiary alicyclic amines) is 1.